The van der Waals surface area contributed by atoms with E-state index in [1.54, 1.807) is 18.4 Å². The van der Waals surface area contributed by atoms with Crippen LogP contribution in [0, 0.1) is 0 Å². The van der Waals surface area contributed by atoms with Crippen molar-refractivity contribution in [3.05, 3.63) is 52.2 Å². The lowest BCUT2D eigenvalue weighted by Crippen LogP contribution is -2.53. The van der Waals surface area contributed by atoms with Gasteiger partial charge in [0.25, 0.3) is 0 Å². The molecule has 31 heavy (non-hydrogen) atoms. The van der Waals surface area contributed by atoms with E-state index < -0.39 is 11.8 Å². The average molecular weight is 445 g/mol. The first kappa shape index (κ1) is 23.2. The first-order valence-electron chi connectivity index (χ1n) is 10.7. The number of carbonyl (C=O) groups excluding carboxylic acids is 2. The molecule has 2 atom stereocenters. The van der Waals surface area contributed by atoms with Crippen LogP contribution in [-0.4, -0.2) is 67.5 Å². The van der Waals surface area contributed by atoms with Gasteiger partial charge in [-0.05, 0) is 42.6 Å². The van der Waals surface area contributed by atoms with Crippen LogP contribution < -0.4 is 15.4 Å². The topological polar surface area (TPSA) is 73.9 Å². The summed E-state index contributed by atoms with van der Waals surface area (Å²) in [4.78, 5) is 31.0. The van der Waals surface area contributed by atoms with Gasteiger partial charge in [0.05, 0.1) is 13.2 Å². The smallest absolute Gasteiger partial charge is 0.309 e. The molecule has 1 fully saturated rings. The molecule has 1 saturated heterocycles. The van der Waals surface area contributed by atoms with Crippen molar-refractivity contribution in [2.45, 2.75) is 32.5 Å². The molecular formula is C23H32N4O3S. The quantitative estimate of drug-likeness (QED) is 0.611. The van der Waals surface area contributed by atoms with E-state index in [2.05, 4.69) is 38.8 Å². The number of ether oxygens (including phenoxy) is 1. The Morgan fingerprint density at radius 1 is 1.10 bits per heavy atom. The summed E-state index contributed by atoms with van der Waals surface area (Å²) >= 11 is 1.69. The summed E-state index contributed by atoms with van der Waals surface area (Å²) in [5.74, 6) is -0.473. The van der Waals surface area contributed by atoms with E-state index in [1.807, 2.05) is 37.3 Å². The number of amides is 2. The summed E-state index contributed by atoms with van der Waals surface area (Å²) in [6.45, 7) is 9.42. The fourth-order valence-corrected chi connectivity index (χ4v) is 4.88. The van der Waals surface area contributed by atoms with Gasteiger partial charge < -0.3 is 20.3 Å². The zero-order valence-corrected chi connectivity index (χ0v) is 19.3. The molecule has 3 rings (SSSR count). The molecule has 0 unspecified atom stereocenters. The minimum absolute atomic E-state index is 0.0531. The predicted octanol–water partition coefficient (Wildman–Crippen LogP) is 2.26. The number of likely N-dealkylation sites (N-methyl/N-ethyl adjacent to an activating group) is 1. The van der Waals surface area contributed by atoms with Gasteiger partial charge in [-0.3, -0.25) is 14.5 Å². The molecule has 1 aromatic carbocycles. The summed E-state index contributed by atoms with van der Waals surface area (Å²) in [6.07, 6.45) is 0. The highest BCUT2D eigenvalue weighted by atomic mass is 32.1. The molecular weight excluding hydrogens is 412 g/mol. The highest BCUT2D eigenvalue weighted by Gasteiger charge is 2.31. The van der Waals surface area contributed by atoms with Gasteiger partial charge in [0.15, 0.2) is 0 Å². The number of rotatable bonds is 8. The first-order chi connectivity index (χ1) is 15.0. The van der Waals surface area contributed by atoms with Crippen molar-refractivity contribution in [3.63, 3.8) is 0 Å². The third-order valence-electron chi connectivity index (χ3n) is 5.73. The van der Waals surface area contributed by atoms with Crippen molar-refractivity contribution in [3.8, 4) is 5.75 Å². The van der Waals surface area contributed by atoms with Crippen LogP contribution in [0.25, 0.3) is 0 Å². The van der Waals surface area contributed by atoms with Crippen molar-refractivity contribution in [1.82, 2.24) is 20.4 Å². The van der Waals surface area contributed by atoms with Crippen molar-refractivity contribution in [2.75, 3.05) is 39.8 Å². The van der Waals surface area contributed by atoms with Crippen LogP contribution >= 0.6 is 11.3 Å². The number of methoxy groups -OCH3 is 1. The Morgan fingerprint density at radius 2 is 1.81 bits per heavy atom. The van der Waals surface area contributed by atoms with Crippen LogP contribution in [0.5, 0.6) is 5.75 Å². The minimum atomic E-state index is -0.622. The van der Waals surface area contributed by atoms with E-state index in [1.165, 1.54) is 4.88 Å². The monoisotopic (exact) mass is 444 g/mol. The molecule has 0 bridgehead atoms. The summed E-state index contributed by atoms with van der Waals surface area (Å²) in [5, 5.41) is 7.68. The second kappa shape index (κ2) is 11.3. The average Bonchev–Trinajstić information content (AvgIpc) is 3.32. The molecule has 0 spiro atoms. The molecule has 1 aliphatic heterocycles. The third-order valence-corrected chi connectivity index (χ3v) is 6.68. The Hall–Kier alpha value is -2.42. The summed E-state index contributed by atoms with van der Waals surface area (Å²) in [5.41, 5.74) is 0.903. The van der Waals surface area contributed by atoms with Crippen molar-refractivity contribution in [1.29, 1.82) is 0 Å². The second-order valence-corrected chi connectivity index (χ2v) is 8.70. The van der Waals surface area contributed by atoms with Gasteiger partial charge in [0.1, 0.15) is 5.75 Å². The standard InChI is InChI=1S/C23H32N4O3S/c1-4-26-11-13-27(14-12-26)21(20-6-5-15-31-20)17(2)25-23(29)22(28)24-16-18-7-9-19(30-3)10-8-18/h5-10,15,17,21H,4,11-14,16H2,1-3H3,(H,24,28)(H,25,29)/t17-,21-/m0/s1. The van der Waals surface area contributed by atoms with Crippen molar-refractivity contribution >= 4 is 23.2 Å². The summed E-state index contributed by atoms with van der Waals surface area (Å²) in [7, 11) is 1.61. The van der Waals surface area contributed by atoms with E-state index in [0.29, 0.717) is 0 Å². The SMILES string of the molecule is CCN1CCN([C@H](c2cccs2)[C@H](C)NC(=O)C(=O)NCc2ccc(OC)cc2)CC1. The molecule has 0 aliphatic carbocycles. The van der Waals surface area contributed by atoms with E-state index in [4.69, 9.17) is 4.74 Å². The Morgan fingerprint density at radius 3 is 2.39 bits per heavy atom. The maximum atomic E-state index is 12.6. The third kappa shape index (κ3) is 6.29. The van der Waals surface area contributed by atoms with Crippen molar-refractivity contribution < 1.29 is 14.3 Å². The number of nitrogens with one attached hydrogen (secondary N) is 2. The number of benzene rings is 1. The van der Waals surface area contributed by atoms with Gasteiger partial charge in [0.2, 0.25) is 0 Å². The molecule has 0 saturated carbocycles. The number of hydrogen-bond acceptors (Lipinski definition) is 6. The van der Waals surface area contributed by atoms with Crippen LogP contribution in [0.15, 0.2) is 41.8 Å². The maximum Gasteiger partial charge on any atom is 0.309 e. The maximum absolute atomic E-state index is 12.6. The largest absolute Gasteiger partial charge is 0.497 e. The molecule has 8 heteroatoms. The lowest BCUT2D eigenvalue weighted by Gasteiger charge is -2.41. The molecule has 0 radical (unpaired) electrons. The number of piperazine rings is 1. The first-order valence-corrected chi connectivity index (χ1v) is 11.6. The van der Waals surface area contributed by atoms with Gasteiger partial charge >= 0.3 is 11.8 Å². The predicted molar refractivity (Wildman–Crippen MR) is 123 cm³/mol. The fourth-order valence-electron chi connectivity index (χ4n) is 3.92. The van der Waals surface area contributed by atoms with Gasteiger partial charge in [-0.2, -0.15) is 0 Å². The zero-order chi connectivity index (χ0) is 22.2. The molecule has 7 nitrogen and oxygen atoms in total. The number of nitrogens with zero attached hydrogens (tertiary/aromatic N) is 2. The Labute approximate surface area is 188 Å². The fraction of sp³-hybridized carbons (Fsp3) is 0.478. The van der Waals surface area contributed by atoms with Gasteiger partial charge in [0, 0.05) is 43.6 Å². The molecule has 1 aliphatic rings. The highest BCUT2D eigenvalue weighted by Crippen LogP contribution is 2.29. The minimum Gasteiger partial charge on any atom is -0.497 e. The zero-order valence-electron chi connectivity index (χ0n) is 18.5. The molecule has 2 aromatic rings. The molecule has 168 valence electrons. The van der Waals surface area contributed by atoms with E-state index >= 15 is 0 Å². The van der Waals surface area contributed by atoms with Crippen LogP contribution in [-0.2, 0) is 16.1 Å². The number of thiophene rings is 1. The summed E-state index contributed by atoms with van der Waals surface area (Å²) < 4.78 is 5.13. The molecule has 2 heterocycles. The van der Waals surface area contributed by atoms with Crippen LogP contribution in [0.4, 0.5) is 0 Å². The number of hydrogen-bond donors (Lipinski definition) is 2. The van der Waals surface area contributed by atoms with Gasteiger partial charge in [-0.25, -0.2) is 0 Å². The molecule has 2 amide bonds. The van der Waals surface area contributed by atoms with E-state index in [9.17, 15) is 9.59 Å². The van der Waals surface area contributed by atoms with Crippen LogP contribution in [0.2, 0.25) is 0 Å². The lowest BCUT2D eigenvalue weighted by atomic mass is 10.0. The van der Waals surface area contributed by atoms with E-state index in [0.717, 1.165) is 44.0 Å². The van der Waals surface area contributed by atoms with Gasteiger partial charge in [-0.15, -0.1) is 11.3 Å². The van der Waals surface area contributed by atoms with Crippen LogP contribution in [0.3, 0.4) is 0 Å². The van der Waals surface area contributed by atoms with Crippen molar-refractivity contribution in [2.24, 2.45) is 0 Å². The number of carbonyl (C=O) groups is 2. The van der Waals surface area contributed by atoms with E-state index in [-0.39, 0.29) is 18.6 Å². The Kier molecular flexibility index (Phi) is 8.45. The second-order valence-electron chi connectivity index (χ2n) is 7.72. The van der Waals surface area contributed by atoms with Gasteiger partial charge in [-0.1, -0.05) is 25.1 Å². The Bertz CT molecular complexity index is 833. The summed E-state index contributed by atoms with van der Waals surface area (Å²) in [6, 6.07) is 11.4. The Balaban J connectivity index is 1.57. The lowest BCUT2D eigenvalue weighted by molar-refractivity contribution is -0.140. The molecule has 1 aromatic heterocycles. The normalized spacial score (nSPS) is 17.0. The highest BCUT2D eigenvalue weighted by molar-refractivity contribution is 7.10. The van der Waals surface area contributed by atoms with Crippen LogP contribution in [0.1, 0.15) is 30.3 Å². The molecule has 2 N–H and O–H groups in total.